The number of carbonyl (C=O) groups excluding carboxylic acids is 2. The minimum atomic E-state index is -1.84. The SMILES string of the molecule is CCOC(=O)C1(C(=O)OCC)[C@H](Cc2ccccc2)[C@H]1[N+](=O)[O-]. The summed E-state index contributed by atoms with van der Waals surface area (Å²) < 4.78 is 9.88. The second kappa shape index (κ2) is 6.76. The van der Waals surface area contributed by atoms with Crippen molar-refractivity contribution in [3.8, 4) is 0 Å². The molecule has 0 unspecified atom stereocenters. The van der Waals surface area contributed by atoms with Gasteiger partial charge in [-0.2, -0.15) is 0 Å². The number of carbonyl (C=O) groups is 2. The van der Waals surface area contributed by atoms with Gasteiger partial charge in [0.2, 0.25) is 11.5 Å². The summed E-state index contributed by atoms with van der Waals surface area (Å²) in [5, 5.41) is 11.4. The fraction of sp³-hybridized carbons (Fsp3) is 0.500. The minimum absolute atomic E-state index is 0.0441. The Morgan fingerprint density at radius 2 is 1.65 bits per heavy atom. The second-order valence-corrected chi connectivity index (χ2v) is 5.34. The van der Waals surface area contributed by atoms with Crippen molar-refractivity contribution in [2.75, 3.05) is 13.2 Å². The lowest BCUT2D eigenvalue weighted by Gasteiger charge is -2.13. The molecule has 1 aromatic rings. The monoisotopic (exact) mass is 321 g/mol. The van der Waals surface area contributed by atoms with Gasteiger partial charge < -0.3 is 9.47 Å². The first kappa shape index (κ1) is 16.9. The maximum absolute atomic E-state index is 12.3. The minimum Gasteiger partial charge on any atom is -0.465 e. The highest BCUT2D eigenvalue weighted by atomic mass is 16.6. The zero-order chi connectivity index (χ0) is 17.0. The van der Waals surface area contributed by atoms with E-state index in [0.717, 1.165) is 5.56 Å². The van der Waals surface area contributed by atoms with Gasteiger partial charge in [0, 0.05) is 4.92 Å². The van der Waals surface area contributed by atoms with Crippen LogP contribution in [0.4, 0.5) is 0 Å². The van der Waals surface area contributed by atoms with Gasteiger partial charge in [-0.05, 0) is 25.8 Å². The van der Waals surface area contributed by atoms with Crippen molar-refractivity contribution in [3.63, 3.8) is 0 Å². The number of benzene rings is 1. The van der Waals surface area contributed by atoms with Crippen molar-refractivity contribution >= 4 is 11.9 Å². The molecular weight excluding hydrogens is 302 g/mol. The van der Waals surface area contributed by atoms with E-state index in [1.165, 1.54) is 0 Å². The van der Waals surface area contributed by atoms with Gasteiger partial charge in [-0.15, -0.1) is 0 Å². The highest BCUT2D eigenvalue weighted by Gasteiger charge is 2.84. The largest absolute Gasteiger partial charge is 0.465 e. The molecule has 0 N–H and O–H groups in total. The van der Waals surface area contributed by atoms with Gasteiger partial charge >= 0.3 is 11.9 Å². The molecule has 1 aliphatic carbocycles. The molecule has 2 atom stereocenters. The lowest BCUT2D eigenvalue weighted by Crippen LogP contribution is -2.36. The van der Waals surface area contributed by atoms with E-state index < -0.39 is 34.2 Å². The number of ether oxygens (including phenoxy) is 2. The highest BCUT2D eigenvalue weighted by molar-refractivity contribution is 6.05. The van der Waals surface area contributed by atoms with Crippen LogP contribution in [0.25, 0.3) is 0 Å². The molecule has 7 heteroatoms. The Morgan fingerprint density at radius 1 is 1.13 bits per heavy atom. The molecule has 7 nitrogen and oxygen atoms in total. The summed E-state index contributed by atoms with van der Waals surface area (Å²) in [5.74, 6) is -2.51. The number of nitrogens with zero attached hydrogens (tertiary/aromatic N) is 1. The van der Waals surface area contributed by atoms with E-state index in [2.05, 4.69) is 0 Å². The molecule has 0 amide bonds. The molecule has 1 fully saturated rings. The first-order valence-electron chi connectivity index (χ1n) is 7.51. The molecule has 1 saturated carbocycles. The first-order chi connectivity index (χ1) is 11.0. The van der Waals surface area contributed by atoms with Gasteiger partial charge in [0.1, 0.15) is 0 Å². The Balaban J connectivity index is 2.35. The third-order valence-corrected chi connectivity index (χ3v) is 4.08. The summed E-state index contributed by atoms with van der Waals surface area (Å²) >= 11 is 0. The molecule has 1 aromatic carbocycles. The molecule has 0 aliphatic heterocycles. The quantitative estimate of drug-likeness (QED) is 0.328. The van der Waals surface area contributed by atoms with E-state index in [4.69, 9.17) is 9.47 Å². The molecule has 1 aliphatic rings. The van der Waals surface area contributed by atoms with E-state index in [1.807, 2.05) is 6.07 Å². The smallest absolute Gasteiger partial charge is 0.331 e. The third kappa shape index (κ3) is 2.91. The number of hydrogen-bond donors (Lipinski definition) is 0. The molecule has 0 saturated heterocycles. The van der Waals surface area contributed by atoms with Gasteiger partial charge in [-0.1, -0.05) is 30.3 Å². The Hall–Kier alpha value is -2.44. The Labute approximate surface area is 133 Å². The molecule has 23 heavy (non-hydrogen) atoms. The van der Waals surface area contributed by atoms with Gasteiger partial charge in [0.05, 0.1) is 19.1 Å². The highest BCUT2D eigenvalue weighted by Crippen LogP contribution is 2.57. The van der Waals surface area contributed by atoms with Crippen LogP contribution >= 0.6 is 0 Å². The molecule has 0 radical (unpaired) electrons. The summed E-state index contributed by atoms with van der Waals surface area (Å²) in [6.45, 7) is 3.27. The van der Waals surface area contributed by atoms with E-state index in [9.17, 15) is 19.7 Å². The maximum Gasteiger partial charge on any atom is 0.331 e. The number of esters is 2. The van der Waals surface area contributed by atoms with Crippen LogP contribution in [0.5, 0.6) is 0 Å². The molecule has 124 valence electrons. The summed E-state index contributed by atoms with van der Waals surface area (Å²) in [7, 11) is 0. The zero-order valence-electron chi connectivity index (χ0n) is 13.1. The van der Waals surface area contributed by atoms with Crippen LogP contribution in [-0.4, -0.2) is 36.1 Å². The van der Waals surface area contributed by atoms with E-state index in [0.29, 0.717) is 0 Å². The first-order valence-corrected chi connectivity index (χ1v) is 7.51. The maximum atomic E-state index is 12.3. The predicted molar refractivity (Wildman–Crippen MR) is 80.1 cm³/mol. The standard InChI is InChI=1S/C16H19NO6/c1-3-22-14(18)16(15(19)23-4-2)12(13(16)17(20)21)10-11-8-6-5-7-9-11/h5-9,12-13H,3-4,10H2,1-2H3/t12-,13-/m1/s1. The van der Waals surface area contributed by atoms with E-state index in [-0.39, 0.29) is 19.6 Å². The summed E-state index contributed by atoms with van der Waals surface area (Å²) in [6, 6.07) is 7.71. The van der Waals surface area contributed by atoms with Crippen molar-refractivity contribution in [2.45, 2.75) is 26.3 Å². The molecular formula is C16H19NO6. The van der Waals surface area contributed by atoms with Crippen LogP contribution in [0.15, 0.2) is 30.3 Å². The van der Waals surface area contributed by atoms with Gasteiger partial charge in [0.25, 0.3) is 0 Å². The lowest BCUT2D eigenvalue weighted by atomic mass is 9.99. The summed E-state index contributed by atoms with van der Waals surface area (Å²) in [6.07, 6.45) is 0.240. The van der Waals surface area contributed by atoms with E-state index in [1.54, 1.807) is 38.1 Å². The third-order valence-electron chi connectivity index (χ3n) is 4.08. The molecule has 0 bridgehead atoms. The average Bonchev–Trinajstić information content (AvgIpc) is 3.18. The number of hydrogen-bond acceptors (Lipinski definition) is 6. The molecule has 0 heterocycles. The Bertz CT molecular complexity index is 582. The van der Waals surface area contributed by atoms with Crippen molar-refractivity contribution in [1.82, 2.24) is 0 Å². The zero-order valence-corrected chi connectivity index (χ0v) is 13.1. The van der Waals surface area contributed by atoms with Gasteiger partial charge in [0.15, 0.2) is 0 Å². The summed E-state index contributed by atoms with van der Waals surface area (Å²) in [5.41, 5.74) is -1.02. The topological polar surface area (TPSA) is 95.7 Å². The average molecular weight is 321 g/mol. The Kier molecular flexibility index (Phi) is 4.98. The van der Waals surface area contributed by atoms with Gasteiger partial charge in [-0.25, -0.2) is 0 Å². The number of nitro groups is 1. The van der Waals surface area contributed by atoms with Gasteiger partial charge in [-0.3, -0.25) is 19.7 Å². The fourth-order valence-corrected chi connectivity index (χ4v) is 3.02. The van der Waals surface area contributed by atoms with Crippen LogP contribution < -0.4 is 0 Å². The van der Waals surface area contributed by atoms with Crippen molar-refractivity contribution in [2.24, 2.45) is 11.3 Å². The van der Waals surface area contributed by atoms with Crippen LogP contribution in [-0.2, 0) is 25.5 Å². The molecule has 0 spiro atoms. The number of rotatable bonds is 7. The van der Waals surface area contributed by atoms with Crippen LogP contribution in [0.1, 0.15) is 19.4 Å². The van der Waals surface area contributed by atoms with Crippen molar-refractivity contribution in [1.29, 1.82) is 0 Å². The summed E-state index contributed by atoms with van der Waals surface area (Å²) in [4.78, 5) is 35.5. The van der Waals surface area contributed by atoms with Crippen molar-refractivity contribution in [3.05, 3.63) is 46.0 Å². The van der Waals surface area contributed by atoms with Crippen molar-refractivity contribution < 1.29 is 24.0 Å². The second-order valence-electron chi connectivity index (χ2n) is 5.34. The fourth-order valence-electron chi connectivity index (χ4n) is 3.02. The van der Waals surface area contributed by atoms with Crippen LogP contribution in [0.2, 0.25) is 0 Å². The van der Waals surface area contributed by atoms with Crippen LogP contribution in [0, 0.1) is 21.4 Å². The molecule has 2 rings (SSSR count). The normalized spacial score (nSPS) is 21.3. The Morgan fingerprint density at radius 3 is 2.09 bits per heavy atom. The molecule has 0 aromatic heterocycles. The van der Waals surface area contributed by atoms with E-state index >= 15 is 0 Å². The van der Waals surface area contributed by atoms with Crippen LogP contribution in [0.3, 0.4) is 0 Å². The predicted octanol–water partition coefficient (Wildman–Crippen LogP) is 1.62. The lowest BCUT2D eigenvalue weighted by molar-refractivity contribution is -0.503.